The molecule has 2 unspecified atom stereocenters. The molecule has 1 aromatic rings. The normalized spacial score (nSPS) is 26.2. The van der Waals surface area contributed by atoms with Crippen molar-refractivity contribution in [2.75, 3.05) is 18.4 Å². The zero-order valence-corrected chi connectivity index (χ0v) is 11.9. The van der Waals surface area contributed by atoms with Crippen molar-refractivity contribution < 1.29 is 9.90 Å². The molecule has 3 rings (SSSR count). The minimum Gasteiger partial charge on any atom is -0.478 e. The Morgan fingerprint density at radius 1 is 1.30 bits per heavy atom. The summed E-state index contributed by atoms with van der Waals surface area (Å²) in [6.07, 6.45) is 5.13. The maximum atomic E-state index is 11.0. The second kappa shape index (κ2) is 5.44. The van der Waals surface area contributed by atoms with Crippen LogP contribution in [0.2, 0.25) is 0 Å². The van der Waals surface area contributed by atoms with Gasteiger partial charge in [-0.3, -0.25) is 4.90 Å². The van der Waals surface area contributed by atoms with Crippen LogP contribution in [0.15, 0.2) is 18.2 Å². The summed E-state index contributed by atoms with van der Waals surface area (Å²) < 4.78 is 0. The van der Waals surface area contributed by atoms with E-state index in [2.05, 4.69) is 10.2 Å². The number of carboxylic acid groups (broad SMARTS) is 1. The molecule has 0 bridgehead atoms. The van der Waals surface area contributed by atoms with E-state index >= 15 is 0 Å². The van der Waals surface area contributed by atoms with Crippen molar-refractivity contribution in [1.29, 1.82) is 0 Å². The quantitative estimate of drug-likeness (QED) is 0.890. The highest BCUT2D eigenvalue weighted by atomic mass is 16.4. The number of fused-ring (bicyclic) bond motifs is 1. The third kappa shape index (κ3) is 2.52. The number of anilines is 1. The summed E-state index contributed by atoms with van der Waals surface area (Å²) >= 11 is 0. The molecule has 2 N–H and O–H groups in total. The first-order valence-electron chi connectivity index (χ1n) is 7.49. The molecule has 0 amide bonds. The molecule has 2 aliphatic rings. The van der Waals surface area contributed by atoms with Gasteiger partial charge in [-0.15, -0.1) is 0 Å². The summed E-state index contributed by atoms with van der Waals surface area (Å²) in [6.45, 7) is 4.40. The predicted molar refractivity (Wildman–Crippen MR) is 79.4 cm³/mol. The summed E-state index contributed by atoms with van der Waals surface area (Å²) in [5.74, 6) is -0.862. The van der Waals surface area contributed by atoms with Crippen LogP contribution in [0.4, 0.5) is 5.69 Å². The van der Waals surface area contributed by atoms with Gasteiger partial charge in [0.1, 0.15) is 0 Å². The Morgan fingerprint density at radius 3 is 2.90 bits per heavy atom. The topological polar surface area (TPSA) is 52.6 Å². The number of nitrogens with zero attached hydrogens (tertiary/aromatic N) is 1. The fraction of sp³-hybridized carbons (Fsp3) is 0.562. The molecule has 0 saturated carbocycles. The Bertz CT molecular complexity index is 515. The lowest BCUT2D eigenvalue weighted by molar-refractivity contribution is 0.0697. The van der Waals surface area contributed by atoms with E-state index in [0.717, 1.165) is 11.3 Å². The Balaban J connectivity index is 1.73. The highest BCUT2D eigenvalue weighted by molar-refractivity contribution is 5.88. The Morgan fingerprint density at radius 2 is 2.15 bits per heavy atom. The van der Waals surface area contributed by atoms with Crippen LogP contribution in [0.5, 0.6) is 0 Å². The maximum absolute atomic E-state index is 11.0. The van der Waals surface area contributed by atoms with Crippen molar-refractivity contribution in [3.8, 4) is 0 Å². The first-order valence-corrected chi connectivity index (χ1v) is 7.49. The largest absolute Gasteiger partial charge is 0.478 e. The highest BCUT2D eigenvalue weighted by Gasteiger charge is 2.35. The van der Waals surface area contributed by atoms with E-state index in [9.17, 15) is 4.79 Å². The average Bonchev–Trinajstić information content (AvgIpc) is 2.84. The van der Waals surface area contributed by atoms with Crippen molar-refractivity contribution in [2.24, 2.45) is 0 Å². The van der Waals surface area contributed by atoms with Gasteiger partial charge in [0.25, 0.3) is 0 Å². The standard InChI is InChI=1S/C16H22N2O2/c1-11-10-12(16(19)20)5-6-13(11)17-14-7-9-18-8-3-2-4-15(14)18/h5-6,10,14-15,17H,2-4,7-9H2,1H3,(H,19,20). The molecule has 4 heteroatoms. The van der Waals surface area contributed by atoms with E-state index in [1.54, 1.807) is 12.1 Å². The molecule has 0 spiro atoms. The number of benzene rings is 1. The zero-order chi connectivity index (χ0) is 14.1. The molecule has 2 heterocycles. The van der Waals surface area contributed by atoms with Crippen LogP contribution in [0.3, 0.4) is 0 Å². The number of hydrogen-bond acceptors (Lipinski definition) is 3. The molecule has 2 aliphatic heterocycles. The zero-order valence-electron chi connectivity index (χ0n) is 11.9. The molecule has 0 aliphatic carbocycles. The van der Waals surface area contributed by atoms with Crippen LogP contribution in [-0.4, -0.2) is 41.1 Å². The molecular weight excluding hydrogens is 252 g/mol. The van der Waals surface area contributed by atoms with Gasteiger partial charge in [-0.1, -0.05) is 6.42 Å². The smallest absolute Gasteiger partial charge is 0.335 e. The van der Waals surface area contributed by atoms with Crippen molar-refractivity contribution in [3.05, 3.63) is 29.3 Å². The van der Waals surface area contributed by atoms with Crippen LogP contribution in [0.1, 0.15) is 41.6 Å². The number of nitrogens with one attached hydrogen (secondary N) is 1. The molecule has 0 aromatic heterocycles. The lowest BCUT2D eigenvalue weighted by Gasteiger charge is -2.33. The van der Waals surface area contributed by atoms with Gasteiger partial charge < -0.3 is 10.4 Å². The number of hydrogen-bond donors (Lipinski definition) is 2. The van der Waals surface area contributed by atoms with Gasteiger partial charge in [-0.25, -0.2) is 4.79 Å². The lowest BCUT2D eigenvalue weighted by Crippen LogP contribution is -2.41. The van der Waals surface area contributed by atoms with E-state index < -0.39 is 5.97 Å². The van der Waals surface area contributed by atoms with E-state index in [-0.39, 0.29) is 0 Å². The molecular formula is C16H22N2O2. The second-order valence-corrected chi connectivity index (χ2v) is 5.97. The van der Waals surface area contributed by atoms with E-state index in [0.29, 0.717) is 17.6 Å². The molecule has 0 radical (unpaired) electrons. The summed E-state index contributed by atoms with van der Waals surface area (Å²) in [6, 6.07) is 6.50. The fourth-order valence-corrected chi connectivity index (χ4v) is 3.57. The van der Waals surface area contributed by atoms with Crippen LogP contribution in [0.25, 0.3) is 0 Å². The third-order valence-electron chi connectivity index (χ3n) is 4.67. The lowest BCUT2D eigenvalue weighted by atomic mass is 9.98. The van der Waals surface area contributed by atoms with Crippen molar-refractivity contribution in [3.63, 3.8) is 0 Å². The summed E-state index contributed by atoms with van der Waals surface area (Å²) in [5.41, 5.74) is 2.45. The summed E-state index contributed by atoms with van der Waals surface area (Å²) in [5, 5.41) is 12.7. The second-order valence-electron chi connectivity index (χ2n) is 5.97. The SMILES string of the molecule is Cc1cc(C(=O)O)ccc1NC1CCN2CCCCC12. The molecule has 2 atom stereocenters. The first kappa shape index (κ1) is 13.4. The number of piperidine rings is 1. The molecule has 4 nitrogen and oxygen atoms in total. The monoisotopic (exact) mass is 274 g/mol. The van der Waals surface area contributed by atoms with E-state index in [4.69, 9.17) is 5.11 Å². The molecule has 2 saturated heterocycles. The Kier molecular flexibility index (Phi) is 3.66. The number of aromatic carboxylic acids is 1. The first-order chi connectivity index (χ1) is 9.65. The molecule has 20 heavy (non-hydrogen) atoms. The number of carboxylic acids is 1. The minimum atomic E-state index is -0.862. The maximum Gasteiger partial charge on any atom is 0.335 e. The Labute approximate surface area is 119 Å². The van der Waals surface area contributed by atoms with Crippen molar-refractivity contribution in [2.45, 2.75) is 44.7 Å². The van der Waals surface area contributed by atoms with Gasteiger partial charge in [-0.2, -0.15) is 0 Å². The van der Waals surface area contributed by atoms with Crippen molar-refractivity contribution >= 4 is 11.7 Å². The van der Waals surface area contributed by atoms with E-state index in [1.165, 1.54) is 38.8 Å². The van der Waals surface area contributed by atoms with Gasteiger partial charge >= 0.3 is 5.97 Å². The molecule has 2 fully saturated rings. The van der Waals surface area contributed by atoms with E-state index in [1.807, 2.05) is 13.0 Å². The fourth-order valence-electron chi connectivity index (χ4n) is 3.57. The van der Waals surface area contributed by atoms with Crippen LogP contribution < -0.4 is 5.32 Å². The minimum absolute atomic E-state index is 0.360. The van der Waals surface area contributed by atoms with Crippen LogP contribution in [-0.2, 0) is 0 Å². The van der Waals surface area contributed by atoms with Crippen LogP contribution in [0, 0.1) is 6.92 Å². The molecule has 1 aromatic carbocycles. The van der Waals surface area contributed by atoms with Gasteiger partial charge in [-0.05, 0) is 56.5 Å². The van der Waals surface area contributed by atoms with Crippen LogP contribution >= 0.6 is 0 Å². The van der Waals surface area contributed by atoms with Gasteiger partial charge in [0.05, 0.1) is 5.56 Å². The number of aryl methyl sites for hydroxylation is 1. The Hall–Kier alpha value is -1.55. The number of carbonyl (C=O) groups is 1. The molecule has 108 valence electrons. The van der Waals surface area contributed by atoms with Gasteiger partial charge in [0, 0.05) is 24.3 Å². The van der Waals surface area contributed by atoms with Crippen molar-refractivity contribution in [1.82, 2.24) is 4.90 Å². The van der Waals surface area contributed by atoms with Gasteiger partial charge in [0.15, 0.2) is 0 Å². The summed E-state index contributed by atoms with van der Waals surface area (Å²) in [7, 11) is 0. The predicted octanol–water partition coefficient (Wildman–Crippen LogP) is 2.73. The average molecular weight is 274 g/mol. The summed E-state index contributed by atoms with van der Waals surface area (Å²) in [4.78, 5) is 13.6. The highest BCUT2D eigenvalue weighted by Crippen LogP contribution is 2.30. The third-order valence-corrected chi connectivity index (χ3v) is 4.67. The van der Waals surface area contributed by atoms with Gasteiger partial charge in [0.2, 0.25) is 0 Å². The number of rotatable bonds is 3.